The molecule has 0 bridgehead atoms. The molecule has 1 rings (SSSR count). The Bertz CT molecular complexity index is 897. The minimum atomic E-state index is -1.26. The lowest BCUT2D eigenvalue weighted by Crippen LogP contribution is -2.35. The first-order chi connectivity index (χ1) is 16.3. The Kier molecular flexibility index (Phi) is 10.7. The van der Waals surface area contributed by atoms with Crippen molar-refractivity contribution in [1.82, 2.24) is 5.48 Å². The number of hydrogen-bond acceptors (Lipinski definition) is 7. The lowest BCUT2D eigenvalue weighted by atomic mass is 9.79. The van der Waals surface area contributed by atoms with E-state index < -0.39 is 35.0 Å². The van der Waals surface area contributed by atoms with Crippen LogP contribution in [0.2, 0.25) is 0 Å². The van der Waals surface area contributed by atoms with Crippen molar-refractivity contribution < 1.29 is 33.9 Å². The number of hydrogen-bond donors (Lipinski definition) is 3. The van der Waals surface area contributed by atoms with E-state index in [1.54, 1.807) is 71.3 Å². The molecule has 0 heterocycles. The fraction of sp³-hybridized carbons (Fsp3) is 0.630. The summed E-state index contributed by atoms with van der Waals surface area (Å²) in [6, 6.07) is 6.42. The van der Waals surface area contributed by atoms with Crippen molar-refractivity contribution >= 4 is 29.4 Å². The van der Waals surface area contributed by atoms with Gasteiger partial charge in [0.1, 0.15) is 11.2 Å². The molecule has 0 radical (unpaired) electrons. The number of rotatable bonds is 10. The summed E-state index contributed by atoms with van der Waals surface area (Å²) >= 11 is 0. The van der Waals surface area contributed by atoms with E-state index in [-0.39, 0.29) is 30.1 Å². The molecular weight excluding hydrogens is 464 g/mol. The summed E-state index contributed by atoms with van der Waals surface area (Å²) < 4.78 is 10.9. The molecular formula is C27H42N2O7. The van der Waals surface area contributed by atoms with Crippen LogP contribution in [0.1, 0.15) is 93.1 Å². The van der Waals surface area contributed by atoms with Crippen LogP contribution in [-0.4, -0.2) is 40.2 Å². The summed E-state index contributed by atoms with van der Waals surface area (Å²) in [7, 11) is 0. The standard InChI is InChI=1S/C27H42N2O7/c1-17(15-27(8,9)16-21(31)29-34)14-20(30)28-19-12-10-18(11-13-19)22(23(32)35-25(2,3)4)24(33)36-26(5,6)7/h10-13,17,22,34H,14-16H2,1-9H3,(H,28,30)(H,29,31). The molecule has 1 aromatic carbocycles. The highest BCUT2D eigenvalue weighted by atomic mass is 16.6. The second-order valence-electron chi connectivity index (χ2n) is 12.1. The number of anilines is 1. The number of benzene rings is 1. The van der Waals surface area contributed by atoms with Crippen molar-refractivity contribution in [2.45, 2.75) is 98.7 Å². The molecule has 36 heavy (non-hydrogen) atoms. The maximum absolute atomic E-state index is 12.8. The molecule has 0 aromatic heterocycles. The Hall–Kier alpha value is -2.94. The summed E-state index contributed by atoms with van der Waals surface area (Å²) in [5.41, 5.74) is 0.611. The number of amides is 2. The van der Waals surface area contributed by atoms with Crippen LogP contribution in [0.15, 0.2) is 24.3 Å². The maximum Gasteiger partial charge on any atom is 0.325 e. The van der Waals surface area contributed by atoms with Gasteiger partial charge in [-0.2, -0.15) is 0 Å². The lowest BCUT2D eigenvalue weighted by Gasteiger charge is -2.27. The molecule has 1 unspecified atom stereocenters. The topological polar surface area (TPSA) is 131 Å². The first kappa shape index (κ1) is 31.1. The van der Waals surface area contributed by atoms with Gasteiger partial charge in [0.15, 0.2) is 5.92 Å². The monoisotopic (exact) mass is 506 g/mol. The van der Waals surface area contributed by atoms with Gasteiger partial charge < -0.3 is 14.8 Å². The Morgan fingerprint density at radius 3 is 1.72 bits per heavy atom. The normalized spacial score (nSPS) is 13.1. The molecule has 202 valence electrons. The van der Waals surface area contributed by atoms with Crippen molar-refractivity contribution in [3.8, 4) is 0 Å². The molecule has 9 nitrogen and oxygen atoms in total. The van der Waals surface area contributed by atoms with Gasteiger partial charge in [0.05, 0.1) is 0 Å². The van der Waals surface area contributed by atoms with E-state index in [1.165, 1.54) is 0 Å². The van der Waals surface area contributed by atoms with Gasteiger partial charge in [-0.25, -0.2) is 5.48 Å². The molecule has 0 fully saturated rings. The van der Waals surface area contributed by atoms with Crippen LogP contribution in [0.25, 0.3) is 0 Å². The third kappa shape index (κ3) is 11.7. The zero-order valence-corrected chi connectivity index (χ0v) is 23.0. The second kappa shape index (κ2) is 12.3. The molecule has 2 amide bonds. The van der Waals surface area contributed by atoms with Gasteiger partial charge in [0, 0.05) is 18.5 Å². The van der Waals surface area contributed by atoms with E-state index in [0.717, 1.165) is 0 Å². The van der Waals surface area contributed by atoms with E-state index in [0.29, 0.717) is 17.7 Å². The Morgan fingerprint density at radius 1 is 0.833 bits per heavy atom. The van der Waals surface area contributed by atoms with Crippen molar-refractivity contribution in [2.24, 2.45) is 11.3 Å². The van der Waals surface area contributed by atoms with Crippen LogP contribution in [0.5, 0.6) is 0 Å². The van der Waals surface area contributed by atoms with E-state index in [4.69, 9.17) is 14.7 Å². The van der Waals surface area contributed by atoms with Crippen molar-refractivity contribution in [1.29, 1.82) is 0 Å². The SMILES string of the molecule is CC(CC(=O)Nc1ccc(C(C(=O)OC(C)(C)C)C(=O)OC(C)(C)C)cc1)CC(C)(C)CC(=O)NO. The minimum Gasteiger partial charge on any atom is -0.459 e. The highest BCUT2D eigenvalue weighted by Gasteiger charge is 2.36. The predicted molar refractivity (Wildman–Crippen MR) is 136 cm³/mol. The van der Waals surface area contributed by atoms with Crippen LogP contribution in [-0.2, 0) is 28.7 Å². The number of ether oxygens (including phenoxy) is 2. The number of nitrogens with one attached hydrogen (secondary N) is 2. The molecule has 0 saturated heterocycles. The van der Waals surface area contributed by atoms with Gasteiger partial charge in [0.25, 0.3) is 0 Å². The summed E-state index contributed by atoms with van der Waals surface area (Å²) in [5.74, 6) is -3.35. The molecule has 1 atom stereocenters. The smallest absolute Gasteiger partial charge is 0.325 e. The molecule has 1 aromatic rings. The molecule has 0 aliphatic carbocycles. The highest BCUT2D eigenvalue weighted by molar-refractivity contribution is 6.01. The Balaban J connectivity index is 2.91. The molecule has 0 aliphatic rings. The van der Waals surface area contributed by atoms with E-state index >= 15 is 0 Å². The Labute approximate surface area is 214 Å². The molecule has 0 aliphatic heterocycles. The average Bonchev–Trinajstić information content (AvgIpc) is 2.65. The zero-order valence-electron chi connectivity index (χ0n) is 23.0. The van der Waals surface area contributed by atoms with E-state index in [2.05, 4.69) is 5.32 Å². The van der Waals surface area contributed by atoms with Crippen LogP contribution in [0.4, 0.5) is 5.69 Å². The molecule has 9 heteroatoms. The van der Waals surface area contributed by atoms with Gasteiger partial charge in [-0.05, 0) is 77.0 Å². The summed E-state index contributed by atoms with van der Waals surface area (Å²) in [4.78, 5) is 49.7. The number of esters is 2. The zero-order chi connectivity index (χ0) is 27.9. The van der Waals surface area contributed by atoms with E-state index in [9.17, 15) is 19.2 Å². The number of carbonyl (C=O) groups is 4. The van der Waals surface area contributed by atoms with Crippen molar-refractivity contribution in [3.05, 3.63) is 29.8 Å². The first-order valence-corrected chi connectivity index (χ1v) is 12.1. The third-order valence-corrected chi connectivity index (χ3v) is 5.01. The Morgan fingerprint density at radius 2 is 1.31 bits per heavy atom. The third-order valence-electron chi connectivity index (χ3n) is 5.01. The minimum absolute atomic E-state index is 0.00511. The van der Waals surface area contributed by atoms with Gasteiger partial charge in [-0.15, -0.1) is 0 Å². The quantitative estimate of drug-likeness (QED) is 0.181. The van der Waals surface area contributed by atoms with Gasteiger partial charge in [-0.3, -0.25) is 24.4 Å². The average molecular weight is 507 g/mol. The maximum atomic E-state index is 12.8. The van der Waals surface area contributed by atoms with Gasteiger partial charge >= 0.3 is 11.9 Å². The molecule has 0 saturated carbocycles. The van der Waals surface area contributed by atoms with Crippen LogP contribution < -0.4 is 10.8 Å². The summed E-state index contributed by atoms with van der Waals surface area (Å²) in [6.45, 7) is 16.1. The van der Waals surface area contributed by atoms with Crippen LogP contribution in [0, 0.1) is 11.3 Å². The van der Waals surface area contributed by atoms with Gasteiger partial charge in [0.2, 0.25) is 11.8 Å². The van der Waals surface area contributed by atoms with Crippen LogP contribution >= 0.6 is 0 Å². The lowest BCUT2D eigenvalue weighted by molar-refractivity contribution is -0.169. The fourth-order valence-corrected chi connectivity index (χ4v) is 3.94. The van der Waals surface area contributed by atoms with E-state index in [1.807, 2.05) is 20.8 Å². The largest absolute Gasteiger partial charge is 0.459 e. The first-order valence-electron chi connectivity index (χ1n) is 12.1. The van der Waals surface area contributed by atoms with Crippen molar-refractivity contribution in [3.63, 3.8) is 0 Å². The van der Waals surface area contributed by atoms with Crippen LogP contribution in [0.3, 0.4) is 0 Å². The summed E-state index contributed by atoms with van der Waals surface area (Å²) in [6.07, 6.45) is 0.998. The van der Waals surface area contributed by atoms with Crippen molar-refractivity contribution in [2.75, 3.05) is 5.32 Å². The summed E-state index contributed by atoms with van der Waals surface area (Å²) in [5, 5.41) is 11.6. The highest BCUT2D eigenvalue weighted by Crippen LogP contribution is 2.31. The predicted octanol–water partition coefficient (Wildman–Crippen LogP) is 4.73. The number of carbonyl (C=O) groups excluding carboxylic acids is 4. The molecule has 0 spiro atoms. The number of hydroxylamine groups is 1. The molecule has 3 N–H and O–H groups in total. The second-order valence-corrected chi connectivity index (χ2v) is 12.1. The van der Waals surface area contributed by atoms with Gasteiger partial charge in [-0.1, -0.05) is 32.9 Å². The fourth-order valence-electron chi connectivity index (χ4n) is 3.94.